The Morgan fingerprint density at radius 1 is 0.500 bits per heavy atom. The average Bonchev–Trinajstić information content (AvgIpc) is 2.92. The lowest BCUT2D eigenvalue weighted by molar-refractivity contribution is 0.992. The Kier molecular flexibility index (Phi) is 4.38. The van der Waals surface area contributed by atoms with Gasteiger partial charge in [-0.3, -0.25) is 0 Å². The summed E-state index contributed by atoms with van der Waals surface area (Å²) in [5.41, 5.74) is 8.20. The molecule has 7 rings (SSSR count). The molecule has 1 aliphatic rings. The molecule has 0 atom stereocenters. The molecule has 0 spiro atoms. The molecular weight excluding hydrogens is 408 g/mol. The van der Waals surface area contributed by atoms with Crippen LogP contribution in [0.1, 0.15) is 17.5 Å². The first kappa shape index (κ1) is 19.3. The van der Waals surface area contributed by atoms with Crippen molar-refractivity contribution in [2.45, 2.75) is 12.8 Å². The summed E-state index contributed by atoms with van der Waals surface area (Å²) in [4.78, 5) is 0. The molecule has 0 N–H and O–H groups in total. The fourth-order valence-corrected chi connectivity index (χ4v) is 5.86. The normalized spacial score (nSPS) is 12.9. The van der Waals surface area contributed by atoms with Gasteiger partial charge >= 0.3 is 0 Å². The Balaban J connectivity index is 1.69. The molecule has 0 saturated heterocycles. The predicted octanol–water partition coefficient (Wildman–Crippen LogP) is 9.44. The van der Waals surface area contributed by atoms with E-state index in [2.05, 4.69) is 121 Å². The fourth-order valence-electron chi connectivity index (χ4n) is 5.86. The van der Waals surface area contributed by atoms with Crippen LogP contribution < -0.4 is 0 Å². The summed E-state index contributed by atoms with van der Waals surface area (Å²) in [6, 6.07) is 40.0. The topological polar surface area (TPSA) is 0 Å². The predicted molar refractivity (Wildman–Crippen MR) is 147 cm³/mol. The Labute approximate surface area is 199 Å². The van der Waals surface area contributed by atoms with Crippen molar-refractivity contribution in [1.82, 2.24) is 0 Å². The number of rotatable bonds is 2. The second-order valence-electron chi connectivity index (χ2n) is 9.19. The van der Waals surface area contributed by atoms with Gasteiger partial charge in [0.15, 0.2) is 0 Å². The molecule has 6 aromatic rings. The highest BCUT2D eigenvalue weighted by Gasteiger charge is 2.21. The molecule has 6 aromatic carbocycles. The quantitative estimate of drug-likeness (QED) is 0.239. The summed E-state index contributed by atoms with van der Waals surface area (Å²) in [6.45, 7) is 0. The Morgan fingerprint density at radius 2 is 1.06 bits per heavy atom. The van der Waals surface area contributed by atoms with Crippen LogP contribution in [0.5, 0.6) is 0 Å². The SMILES string of the molecule is C1=Cc2c(c(-c3c4ccccc4c(-c4ccccc4)c4ccccc34)cc3ccccc23)CC1. The highest BCUT2D eigenvalue weighted by atomic mass is 14.2. The smallest absolute Gasteiger partial charge is 0.00232 e. The van der Waals surface area contributed by atoms with Gasteiger partial charge in [-0.25, -0.2) is 0 Å². The van der Waals surface area contributed by atoms with Gasteiger partial charge in [0, 0.05) is 0 Å². The van der Waals surface area contributed by atoms with E-state index in [0.29, 0.717) is 0 Å². The molecule has 0 bridgehead atoms. The third kappa shape index (κ3) is 2.85. The van der Waals surface area contributed by atoms with Gasteiger partial charge in [0.2, 0.25) is 0 Å². The molecular formula is C34H24. The van der Waals surface area contributed by atoms with Crippen molar-refractivity contribution in [2.75, 3.05) is 0 Å². The Hall–Kier alpha value is -4.16. The van der Waals surface area contributed by atoms with Gasteiger partial charge < -0.3 is 0 Å². The maximum absolute atomic E-state index is 2.43. The zero-order valence-corrected chi connectivity index (χ0v) is 19.0. The lowest BCUT2D eigenvalue weighted by atomic mass is 9.81. The number of hydrogen-bond donors (Lipinski definition) is 0. The first-order valence-electron chi connectivity index (χ1n) is 12.1. The number of hydrogen-bond acceptors (Lipinski definition) is 0. The third-order valence-corrected chi connectivity index (χ3v) is 7.31. The van der Waals surface area contributed by atoms with Gasteiger partial charge in [0.05, 0.1) is 0 Å². The lowest BCUT2D eigenvalue weighted by Gasteiger charge is -2.23. The van der Waals surface area contributed by atoms with Crippen LogP contribution in [0.25, 0.3) is 60.6 Å². The van der Waals surface area contributed by atoms with E-state index in [-0.39, 0.29) is 0 Å². The molecule has 0 unspecified atom stereocenters. The minimum Gasteiger partial charge on any atom is -0.0836 e. The van der Waals surface area contributed by atoms with Crippen LogP contribution in [0.15, 0.2) is 115 Å². The van der Waals surface area contributed by atoms with Crippen molar-refractivity contribution in [3.8, 4) is 22.3 Å². The summed E-state index contributed by atoms with van der Waals surface area (Å²) in [5, 5.41) is 7.94. The first-order valence-corrected chi connectivity index (χ1v) is 12.1. The zero-order chi connectivity index (χ0) is 22.5. The van der Waals surface area contributed by atoms with Crippen LogP contribution in [-0.4, -0.2) is 0 Å². The van der Waals surface area contributed by atoms with Crippen molar-refractivity contribution in [1.29, 1.82) is 0 Å². The second-order valence-corrected chi connectivity index (χ2v) is 9.19. The van der Waals surface area contributed by atoms with E-state index < -0.39 is 0 Å². The van der Waals surface area contributed by atoms with E-state index in [0.717, 1.165) is 12.8 Å². The Morgan fingerprint density at radius 3 is 1.74 bits per heavy atom. The first-order chi connectivity index (χ1) is 16.9. The van der Waals surface area contributed by atoms with E-state index in [1.807, 2.05) is 0 Å². The summed E-state index contributed by atoms with van der Waals surface area (Å²) < 4.78 is 0. The fraction of sp³-hybridized carbons (Fsp3) is 0.0588. The van der Waals surface area contributed by atoms with E-state index >= 15 is 0 Å². The minimum absolute atomic E-state index is 1.08. The van der Waals surface area contributed by atoms with Gasteiger partial charge in [-0.05, 0) is 84.6 Å². The second kappa shape index (κ2) is 7.71. The molecule has 160 valence electrons. The monoisotopic (exact) mass is 432 g/mol. The molecule has 0 saturated carbocycles. The number of allylic oxidation sites excluding steroid dienone is 1. The molecule has 0 fully saturated rings. The molecule has 0 heterocycles. The average molecular weight is 433 g/mol. The highest BCUT2D eigenvalue weighted by Crippen LogP contribution is 2.46. The molecule has 0 radical (unpaired) electrons. The maximum Gasteiger partial charge on any atom is -0.00232 e. The molecule has 0 heteroatoms. The summed E-state index contributed by atoms with van der Waals surface area (Å²) in [6.07, 6.45) is 6.84. The molecule has 0 aliphatic heterocycles. The Bertz CT molecular complexity index is 1680. The van der Waals surface area contributed by atoms with E-state index in [1.165, 1.54) is 65.7 Å². The van der Waals surface area contributed by atoms with Crippen LogP contribution in [0.3, 0.4) is 0 Å². The van der Waals surface area contributed by atoms with Crippen LogP contribution in [0, 0.1) is 0 Å². The van der Waals surface area contributed by atoms with Gasteiger partial charge in [-0.1, -0.05) is 115 Å². The summed E-state index contributed by atoms with van der Waals surface area (Å²) in [7, 11) is 0. The van der Waals surface area contributed by atoms with Crippen molar-refractivity contribution in [3.63, 3.8) is 0 Å². The van der Waals surface area contributed by atoms with Crippen LogP contribution in [0.2, 0.25) is 0 Å². The largest absolute Gasteiger partial charge is 0.0836 e. The molecule has 0 amide bonds. The highest BCUT2D eigenvalue weighted by molar-refractivity contribution is 6.22. The molecule has 1 aliphatic carbocycles. The van der Waals surface area contributed by atoms with E-state index in [1.54, 1.807) is 0 Å². The van der Waals surface area contributed by atoms with Crippen molar-refractivity contribution in [2.24, 2.45) is 0 Å². The zero-order valence-electron chi connectivity index (χ0n) is 19.0. The van der Waals surface area contributed by atoms with E-state index in [9.17, 15) is 0 Å². The standard InChI is InChI=1S/C34H24/c1-2-12-23(13-3-1)33-28-18-8-10-20-30(28)34(31-21-11-9-19-29(31)33)32-22-24-14-4-5-15-25(24)26-16-6-7-17-27(26)32/h1-6,8-16,18-22H,7,17H2. The lowest BCUT2D eigenvalue weighted by Crippen LogP contribution is -2.00. The van der Waals surface area contributed by atoms with Gasteiger partial charge in [0.1, 0.15) is 0 Å². The van der Waals surface area contributed by atoms with Crippen molar-refractivity contribution >= 4 is 38.4 Å². The molecule has 0 nitrogen and oxygen atoms in total. The third-order valence-electron chi connectivity index (χ3n) is 7.31. The van der Waals surface area contributed by atoms with E-state index in [4.69, 9.17) is 0 Å². The molecule has 0 aromatic heterocycles. The van der Waals surface area contributed by atoms with Crippen molar-refractivity contribution < 1.29 is 0 Å². The number of benzene rings is 6. The van der Waals surface area contributed by atoms with Crippen LogP contribution in [-0.2, 0) is 6.42 Å². The summed E-state index contributed by atoms with van der Waals surface area (Å²) >= 11 is 0. The summed E-state index contributed by atoms with van der Waals surface area (Å²) in [5.74, 6) is 0. The van der Waals surface area contributed by atoms with Crippen LogP contribution >= 0.6 is 0 Å². The van der Waals surface area contributed by atoms with Crippen molar-refractivity contribution in [3.05, 3.63) is 126 Å². The number of fused-ring (bicyclic) bond motifs is 5. The maximum atomic E-state index is 2.43. The minimum atomic E-state index is 1.08. The van der Waals surface area contributed by atoms with Gasteiger partial charge in [-0.15, -0.1) is 0 Å². The van der Waals surface area contributed by atoms with Gasteiger partial charge in [-0.2, -0.15) is 0 Å². The molecule has 34 heavy (non-hydrogen) atoms. The van der Waals surface area contributed by atoms with Crippen LogP contribution in [0.4, 0.5) is 0 Å². The van der Waals surface area contributed by atoms with Gasteiger partial charge in [0.25, 0.3) is 0 Å².